The molecule has 0 aliphatic carbocycles. The maximum absolute atomic E-state index is 5.52. The van der Waals surface area contributed by atoms with E-state index < -0.39 is 0 Å². The van der Waals surface area contributed by atoms with Gasteiger partial charge in [-0.2, -0.15) is 4.98 Å². The highest BCUT2D eigenvalue weighted by atomic mass is 16.5. The van der Waals surface area contributed by atoms with Crippen LogP contribution in [0.15, 0.2) is 23.0 Å². The van der Waals surface area contributed by atoms with Crippen LogP contribution in [0.1, 0.15) is 31.2 Å². The molecule has 19 heavy (non-hydrogen) atoms. The van der Waals surface area contributed by atoms with Gasteiger partial charge in [0.15, 0.2) is 0 Å². The lowest BCUT2D eigenvalue weighted by atomic mass is 9.84. The molecule has 1 aliphatic heterocycles. The summed E-state index contributed by atoms with van der Waals surface area (Å²) in [4.78, 5) is 8.74. The van der Waals surface area contributed by atoms with Gasteiger partial charge >= 0.3 is 0 Å². The monoisotopic (exact) mass is 258 g/mol. The molecule has 1 N–H and O–H groups in total. The van der Waals surface area contributed by atoms with Crippen LogP contribution in [0.3, 0.4) is 0 Å². The fraction of sp³-hybridized carbons (Fsp3) is 0.500. The predicted octanol–water partition coefficient (Wildman–Crippen LogP) is 2.08. The molecular formula is C14H18N4O. The standard InChI is InChI=1S/C14H18N4O/c1-3-14(5-7-16-9-14)13-17-12(18-19-13)11-8-15-6-4-10(11)2/h4,6,8,16H,3,5,7,9H2,1-2H3. The van der Waals surface area contributed by atoms with Crippen LogP contribution in [-0.2, 0) is 5.41 Å². The van der Waals surface area contributed by atoms with Gasteiger partial charge in [0.2, 0.25) is 11.7 Å². The number of hydrogen-bond donors (Lipinski definition) is 1. The maximum Gasteiger partial charge on any atom is 0.234 e. The van der Waals surface area contributed by atoms with Crippen LogP contribution >= 0.6 is 0 Å². The summed E-state index contributed by atoms with van der Waals surface area (Å²) in [6.45, 7) is 6.13. The highest BCUT2D eigenvalue weighted by molar-refractivity contribution is 5.57. The lowest BCUT2D eigenvalue weighted by Gasteiger charge is -2.20. The number of aryl methyl sites for hydroxylation is 1. The normalized spacial score (nSPS) is 22.8. The number of aromatic nitrogens is 3. The molecule has 0 bridgehead atoms. The van der Waals surface area contributed by atoms with Crippen molar-refractivity contribution in [2.24, 2.45) is 0 Å². The van der Waals surface area contributed by atoms with E-state index in [1.807, 2.05) is 13.0 Å². The highest BCUT2D eigenvalue weighted by Crippen LogP contribution is 2.34. The van der Waals surface area contributed by atoms with Crippen molar-refractivity contribution in [3.63, 3.8) is 0 Å². The molecule has 0 spiro atoms. The summed E-state index contributed by atoms with van der Waals surface area (Å²) in [6.07, 6.45) is 5.62. The van der Waals surface area contributed by atoms with Crippen LogP contribution in [0, 0.1) is 6.92 Å². The molecule has 2 aromatic heterocycles. The highest BCUT2D eigenvalue weighted by Gasteiger charge is 2.39. The van der Waals surface area contributed by atoms with Gasteiger partial charge in [0.25, 0.3) is 0 Å². The van der Waals surface area contributed by atoms with Crippen molar-refractivity contribution in [2.75, 3.05) is 13.1 Å². The summed E-state index contributed by atoms with van der Waals surface area (Å²) in [5.74, 6) is 1.39. The summed E-state index contributed by atoms with van der Waals surface area (Å²) in [7, 11) is 0. The maximum atomic E-state index is 5.52. The summed E-state index contributed by atoms with van der Waals surface area (Å²) in [6, 6.07) is 1.96. The quantitative estimate of drug-likeness (QED) is 0.913. The first-order valence-corrected chi connectivity index (χ1v) is 6.71. The fourth-order valence-electron chi connectivity index (χ4n) is 2.63. The molecule has 5 nitrogen and oxygen atoms in total. The lowest BCUT2D eigenvalue weighted by Crippen LogP contribution is -2.28. The third-order valence-electron chi connectivity index (χ3n) is 4.08. The zero-order valence-electron chi connectivity index (χ0n) is 11.3. The van der Waals surface area contributed by atoms with Crippen LogP contribution in [-0.4, -0.2) is 28.2 Å². The van der Waals surface area contributed by atoms with Gasteiger partial charge in [0.1, 0.15) is 0 Å². The number of rotatable bonds is 3. The molecule has 3 heterocycles. The minimum absolute atomic E-state index is 0.00135. The summed E-state index contributed by atoms with van der Waals surface area (Å²) in [5.41, 5.74) is 2.05. The second-order valence-corrected chi connectivity index (χ2v) is 5.17. The zero-order chi connectivity index (χ0) is 13.3. The summed E-state index contributed by atoms with van der Waals surface area (Å²) < 4.78 is 5.52. The average molecular weight is 258 g/mol. The lowest BCUT2D eigenvalue weighted by molar-refractivity contribution is 0.285. The molecule has 2 aromatic rings. The van der Waals surface area contributed by atoms with E-state index in [1.54, 1.807) is 12.4 Å². The Hall–Kier alpha value is -1.75. The van der Waals surface area contributed by atoms with Crippen molar-refractivity contribution in [1.29, 1.82) is 0 Å². The third-order valence-corrected chi connectivity index (χ3v) is 4.08. The Balaban J connectivity index is 1.98. The fourth-order valence-corrected chi connectivity index (χ4v) is 2.63. The zero-order valence-corrected chi connectivity index (χ0v) is 11.3. The van der Waals surface area contributed by atoms with Crippen LogP contribution in [0.2, 0.25) is 0 Å². The Morgan fingerprint density at radius 1 is 1.47 bits per heavy atom. The summed E-state index contributed by atoms with van der Waals surface area (Å²) in [5, 5.41) is 7.51. The predicted molar refractivity (Wildman–Crippen MR) is 71.7 cm³/mol. The largest absolute Gasteiger partial charge is 0.338 e. The Morgan fingerprint density at radius 2 is 2.37 bits per heavy atom. The van der Waals surface area contributed by atoms with Gasteiger partial charge in [-0.1, -0.05) is 12.1 Å². The van der Waals surface area contributed by atoms with Crippen molar-refractivity contribution in [3.8, 4) is 11.4 Å². The average Bonchev–Trinajstić information content (AvgIpc) is 3.09. The van der Waals surface area contributed by atoms with Crippen molar-refractivity contribution < 1.29 is 4.52 Å². The Bertz CT molecular complexity index is 572. The van der Waals surface area contributed by atoms with E-state index in [1.165, 1.54) is 0 Å². The van der Waals surface area contributed by atoms with Gasteiger partial charge in [-0.3, -0.25) is 4.98 Å². The molecular weight excluding hydrogens is 240 g/mol. The molecule has 0 saturated carbocycles. The van der Waals surface area contributed by atoms with Crippen molar-refractivity contribution in [3.05, 3.63) is 29.9 Å². The van der Waals surface area contributed by atoms with Crippen LogP contribution in [0.4, 0.5) is 0 Å². The number of pyridine rings is 1. The van der Waals surface area contributed by atoms with E-state index in [9.17, 15) is 0 Å². The van der Waals surface area contributed by atoms with E-state index in [2.05, 4.69) is 27.4 Å². The number of nitrogens with one attached hydrogen (secondary N) is 1. The molecule has 100 valence electrons. The first-order valence-electron chi connectivity index (χ1n) is 6.71. The summed E-state index contributed by atoms with van der Waals surface area (Å²) >= 11 is 0. The van der Waals surface area contributed by atoms with Crippen molar-refractivity contribution in [2.45, 2.75) is 32.1 Å². The molecule has 1 unspecified atom stereocenters. The molecule has 1 saturated heterocycles. The van der Waals surface area contributed by atoms with E-state index in [-0.39, 0.29) is 5.41 Å². The number of nitrogens with zero attached hydrogens (tertiary/aromatic N) is 3. The minimum atomic E-state index is 0.00135. The first-order chi connectivity index (χ1) is 9.25. The molecule has 1 fully saturated rings. The van der Waals surface area contributed by atoms with Gasteiger partial charge in [0, 0.05) is 24.5 Å². The van der Waals surface area contributed by atoms with Gasteiger partial charge < -0.3 is 9.84 Å². The first kappa shape index (κ1) is 12.3. The molecule has 0 aromatic carbocycles. The van der Waals surface area contributed by atoms with Crippen molar-refractivity contribution >= 4 is 0 Å². The van der Waals surface area contributed by atoms with Gasteiger partial charge in [-0.25, -0.2) is 0 Å². The molecule has 0 amide bonds. The molecule has 1 aliphatic rings. The number of hydrogen-bond acceptors (Lipinski definition) is 5. The van der Waals surface area contributed by atoms with Crippen LogP contribution in [0.5, 0.6) is 0 Å². The third kappa shape index (κ3) is 2.04. The van der Waals surface area contributed by atoms with E-state index >= 15 is 0 Å². The van der Waals surface area contributed by atoms with Crippen LogP contribution < -0.4 is 5.32 Å². The smallest absolute Gasteiger partial charge is 0.234 e. The second-order valence-electron chi connectivity index (χ2n) is 5.17. The molecule has 1 atom stereocenters. The van der Waals surface area contributed by atoms with E-state index in [0.29, 0.717) is 5.82 Å². The Kier molecular flexibility index (Phi) is 3.06. The molecule has 3 rings (SSSR count). The Labute approximate surface area is 112 Å². The topological polar surface area (TPSA) is 63.8 Å². The molecule has 5 heteroatoms. The minimum Gasteiger partial charge on any atom is -0.338 e. The van der Waals surface area contributed by atoms with Gasteiger partial charge in [-0.05, 0) is 37.9 Å². The van der Waals surface area contributed by atoms with E-state index in [4.69, 9.17) is 4.52 Å². The van der Waals surface area contributed by atoms with E-state index in [0.717, 1.165) is 42.9 Å². The molecule has 0 radical (unpaired) electrons. The van der Waals surface area contributed by atoms with Gasteiger partial charge in [-0.15, -0.1) is 0 Å². The van der Waals surface area contributed by atoms with Gasteiger partial charge in [0.05, 0.1) is 5.41 Å². The van der Waals surface area contributed by atoms with Crippen LogP contribution in [0.25, 0.3) is 11.4 Å². The van der Waals surface area contributed by atoms with Crippen molar-refractivity contribution in [1.82, 2.24) is 20.4 Å². The SMILES string of the molecule is CCC1(c2nc(-c3cnccc3C)no2)CCNC1. The Morgan fingerprint density at radius 3 is 3.05 bits per heavy atom. The second kappa shape index (κ2) is 4.74.